The highest BCUT2D eigenvalue weighted by Crippen LogP contribution is 2.21. The number of rotatable bonds is 4. The molecule has 2 heterocycles. The van der Waals surface area contributed by atoms with Crippen LogP contribution in [0.3, 0.4) is 0 Å². The number of nitrogens with one attached hydrogen (secondary N) is 1. The van der Waals surface area contributed by atoms with Crippen LogP contribution in [0.4, 0.5) is 4.39 Å². The lowest BCUT2D eigenvalue weighted by molar-refractivity contribution is 0.0700. The monoisotopic (exact) mass is 385 g/mol. The first-order chi connectivity index (χ1) is 13.3. The summed E-state index contributed by atoms with van der Waals surface area (Å²) in [5.74, 6) is -0.110. The minimum atomic E-state index is -0.335. The van der Waals surface area contributed by atoms with Gasteiger partial charge >= 0.3 is 0 Å². The zero-order chi connectivity index (χ0) is 20.3. The summed E-state index contributed by atoms with van der Waals surface area (Å²) in [7, 11) is 0. The van der Waals surface area contributed by atoms with Crippen molar-refractivity contribution in [3.05, 3.63) is 69.4 Å². The van der Waals surface area contributed by atoms with Crippen LogP contribution >= 0.6 is 0 Å². The quantitative estimate of drug-likeness (QED) is 0.879. The fraction of sp³-hybridized carbons (Fsp3) is 0.455. The molecule has 0 bridgehead atoms. The van der Waals surface area contributed by atoms with Crippen molar-refractivity contribution < 1.29 is 9.18 Å². The van der Waals surface area contributed by atoms with Gasteiger partial charge in [-0.15, -0.1) is 0 Å². The zero-order valence-corrected chi connectivity index (χ0v) is 16.7. The maximum atomic E-state index is 13.2. The molecule has 1 aromatic heterocycles. The van der Waals surface area contributed by atoms with Crippen molar-refractivity contribution >= 4 is 5.91 Å². The molecule has 6 heteroatoms. The largest absolute Gasteiger partial charge is 0.337 e. The first kappa shape index (κ1) is 20.3. The Morgan fingerprint density at radius 1 is 1.18 bits per heavy atom. The number of carbonyl (C=O) groups excluding carboxylic acids is 1. The standard InChI is InChI=1S/C22H28FN3O2/c1-15(2)20-14-26(22(28)19-10-5-16(3)24-21(19)27)12-4-11-25(20)13-17-6-8-18(23)9-7-17/h5-10,15,20H,4,11-14H2,1-3H3,(H,24,27)/t20-/m0/s1. The molecule has 1 saturated heterocycles. The fourth-order valence-electron chi connectivity index (χ4n) is 3.81. The van der Waals surface area contributed by atoms with Gasteiger partial charge in [0.1, 0.15) is 11.4 Å². The first-order valence-corrected chi connectivity index (χ1v) is 9.83. The molecule has 28 heavy (non-hydrogen) atoms. The number of H-pyrrole nitrogens is 1. The molecule has 1 atom stereocenters. The van der Waals surface area contributed by atoms with Crippen molar-refractivity contribution in [2.24, 2.45) is 5.92 Å². The summed E-state index contributed by atoms with van der Waals surface area (Å²) < 4.78 is 13.2. The average molecular weight is 385 g/mol. The van der Waals surface area contributed by atoms with Crippen LogP contribution in [0.15, 0.2) is 41.2 Å². The summed E-state index contributed by atoms with van der Waals surface area (Å²) in [5, 5.41) is 0. The Labute approximate surface area is 165 Å². The van der Waals surface area contributed by atoms with E-state index >= 15 is 0 Å². The Hall–Kier alpha value is -2.47. The molecule has 0 aliphatic carbocycles. The van der Waals surface area contributed by atoms with Crippen LogP contribution in [0.2, 0.25) is 0 Å². The fourth-order valence-corrected chi connectivity index (χ4v) is 3.81. The summed E-state index contributed by atoms with van der Waals surface area (Å²) in [5.41, 5.74) is 1.66. The van der Waals surface area contributed by atoms with Gasteiger partial charge < -0.3 is 9.88 Å². The van der Waals surface area contributed by atoms with Gasteiger partial charge in [0.05, 0.1) is 0 Å². The Bertz CT molecular complexity index is 876. The van der Waals surface area contributed by atoms with E-state index in [-0.39, 0.29) is 28.9 Å². The third kappa shape index (κ3) is 4.68. The number of aromatic amines is 1. The van der Waals surface area contributed by atoms with E-state index in [2.05, 4.69) is 23.7 Å². The number of aromatic nitrogens is 1. The highest BCUT2D eigenvalue weighted by Gasteiger charge is 2.30. The predicted octanol–water partition coefficient (Wildman–Crippen LogP) is 3.20. The van der Waals surface area contributed by atoms with Gasteiger partial charge in [-0.1, -0.05) is 26.0 Å². The molecule has 0 spiro atoms. The van der Waals surface area contributed by atoms with Gasteiger partial charge in [-0.3, -0.25) is 14.5 Å². The van der Waals surface area contributed by atoms with E-state index in [1.165, 1.54) is 12.1 Å². The van der Waals surface area contributed by atoms with Gasteiger partial charge in [0.15, 0.2) is 0 Å². The lowest BCUT2D eigenvalue weighted by atomic mass is 10.0. The summed E-state index contributed by atoms with van der Waals surface area (Å²) in [6.07, 6.45) is 0.833. The lowest BCUT2D eigenvalue weighted by Crippen LogP contribution is -2.46. The molecule has 1 N–H and O–H groups in total. The van der Waals surface area contributed by atoms with Crippen molar-refractivity contribution in [1.29, 1.82) is 0 Å². The van der Waals surface area contributed by atoms with Crippen LogP contribution < -0.4 is 5.56 Å². The number of halogens is 1. The van der Waals surface area contributed by atoms with Crippen LogP contribution in [0, 0.1) is 18.7 Å². The minimum Gasteiger partial charge on any atom is -0.337 e. The van der Waals surface area contributed by atoms with E-state index in [0.717, 1.165) is 30.8 Å². The third-order valence-electron chi connectivity index (χ3n) is 5.39. The minimum absolute atomic E-state index is 0.168. The van der Waals surface area contributed by atoms with Crippen molar-refractivity contribution in [1.82, 2.24) is 14.8 Å². The number of aryl methyl sites for hydroxylation is 1. The molecule has 5 nitrogen and oxygen atoms in total. The van der Waals surface area contributed by atoms with Gasteiger partial charge in [-0.05, 0) is 49.1 Å². The molecule has 1 amide bonds. The van der Waals surface area contributed by atoms with Gasteiger partial charge in [-0.2, -0.15) is 0 Å². The number of carbonyl (C=O) groups is 1. The van der Waals surface area contributed by atoms with E-state index in [1.807, 2.05) is 12.1 Å². The number of amides is 1. The van der Waals surface area contributed by atoms with Gasteiger partial charge in [0.2, 0.25) is 0 Å². The van der Waals surface area contributed by atoms with E-state index < -0.39 is 0 Å². The Morgan fingerprint density at radius 2 is 1.89 bits per heavy atom. The number of hydrogen-bond acceptors (Lipinski definition) is 3. The molecule has 1 fully saturated rings. The van der Waals surface area contributed by atoms with Crippen LogP contribution in [-0.2, 0) is 6.54 Å². The Morgan fingerprint density at radius 3 is 2.54 bits per heavy atom. The highest BCUT2D eigenvalue weighted by molar-refractivity contribution is 5.93. The Balaban J connectivity index is 1.79. The SMILES string of the molecule is Cc1ccc(C(=O)N2CCCN(Cc3ccc(F)cc3)[C@H](C(C)C)C2)c(=O)[nH]1. The van der Waals surface area contributed by atoms with E-state index in [9.17, 15) is 14.0 Å². The second-order valence-electron chi connectivity index (χ2n) is 7.90. The highest BCUT2D eigenvalue weighted by atomic mass is 19.1. The Kier molecular flexibility index (Phi) is 6.29. The lowest BCUT2D eigenvalue weighted by Gasteiger charge is -2.34. The maximum Gasteiger partial charge on any atom is 0.260 e. The molecule has 150 valence electrons. The first-order valence-electron chi connectivity index (χ1n) is 9.83. The van der Waals surface area contributed by atoms with E-state index in [0.29, 0.717) is 19.0 Å². The molecule has 3 rings (SSSR count). The molecule has 0 saturated carbocycles. The summed E-state index contributed by atoms with van der Waals surface area (Å²) in [4.78, 5) is 32.1. The number of benzene rings is 1. The average Bonchev–Trinajstić information content (AvgIpc) is 2.86. The molecule has 1 aliphatic heterocycles. The molecule has 2 aromatic rings. The second-order valence-corrected chi connectivity index (χ2v) is 7.90. The van der Waals surface area contributed by atoms with Crippen molar-refractivity contribution in [2.45, 2.75) is 39.8 Å². The van der Waals surface area contributed by atoms with Crippen LogP contribution in [0.5, 0.6) is 0 Å². The molecule has 0 unspecified atom stereocenters. The normalized spacial score (nSPS) is 18.3. The second kappa shape index (κ2) is 8.69. The van der Waals surface area contributed by atoms with Crippen molar-refractivity contribution in [3.8, 4) is 0 Å². The molecular weight excluding hydrogens is 357 g/mol. The third-order valence-corrected chi connectivity index (χ3v) is 5.39. The topological polar surface area (TPSA) is 56.4 Å². The number of nitrogens with zero attached hydrogens (tertiary/aromatic N) is 2. The number of pyridine rings is 1. The maximum absolute atomic E-state index is 13.2. The summed E-state index contributed by atoms with van der Waals surface area (Å²) in [6, 6.07) is 10.1. The molecule has 0 radical (unpaired) electrons. The van der Waals surface area contributed by atoms with Crippen LogP contribution in [0.25, 0.3) is 0 Å². The van der Waals surface area contributed by atoms with Crippen LogP contribution in [0.1, 0.15) is 41.9 Å². The predicted molar refractivity (Wildman–Crippen MR) is 108 cm³/mol. The zero-order valence-electron chi connectivity index (χ0n) is 16.7. The van der Waals surface area contributed by atoms with Gasteiger partial charge in [0, 0.05) is 37.9 Å². The molecule has 1 aromatic carbocycles. The summed E-state index contributed by atoms with van der Waals surface area (Å²) >= 11 is 0. The van der Waals surface area contributed by atoms with Crippen molar-refractivity contribution in [3.63, 3.8) is 0 Å². The molecule has 1 aliphatic rings. The van der Waals surface area contributed by atoms with E-state index in [4.69, 9.17) is 0 Å². The van der Waals surface area contributed by atoms with Gasteiger partial charge in [0.25, 0.3) is 11.5 Å². The van der Waals surface area contributed by atoms with Crippen LogP contribution in [-0.4, -0.2) is 46.4 Å². The number of hydrogen-bond donors (Lipinski definition) is 1. The summed E-state index contributed by atoms with van der Waals surface area (Å²) in [6.45, 7) is 8.86. The van der Waals surface area contributed by atoms with Crippen molar-refractivity contribution in [2.75, 3.05) is 19.6 Å². The van der Waals surface area contributed by atoms with Gasteiger partial charge in [-0.25, -0.2) is 4.39 Å². The molecular formula is C22H28FN3O2. The smallest absolute Gasteiger partial charge is 0.260 e. The van der Waals surface area contributed by atoms with E-state index in [1.54, 1.807) is 24.0 Å².